The molecule has 0 atom stereocenters. The Morgan fingerprint density at radius 1 is 1.44 bits per heavy atom. The van der Waals surface area contributed by atoms with E-state index < -0.39 is 0 Å². The van der Waals surface area contributed by atoms with Gasteiger partial charge >= 0.3 is 0 Å². The summed E-state index contributed by atoms with van der Waals surface area (Å²) in [5.41, 5.74) is 1.75. The number of fused-ring (bicyclic) bond motifs is 1. The fourth-order valence-electron chi connectivity index (χ4n) is 2.34. The van der Waals surface area contributed by atoms with Crippen molar-refractivity contribution in [3.8, 4) is 5.75 Å². The van der Waals surface area contributed by atoms with Crippen LogP contribution in [-0.4, -0.2) is 17.4 Å². The van der Waals surface area contributed by atoms with Gasteiger partial charge in [-0.25, -0.2) is 0 Å². The second-order valence-electron chi connectivity index (χ2n) is 4.88. The average Bonchev–Trinajstić information content (AvgIpc) is 3.06. The highest BCUT2D eigenvalue weighted by atomic mass is 16.5. The zero-order chi connectivity index (χ0) is 12.5. The van der Waals surface area contributed by atoms with Gasteiger partial charge in [-0.3, -0.25) is 4.79 Å². The highest BCUT2D eigenvalue weighted by molar-refractivity contribution is 6.10. The summed E-state index contributed by atoms with van der Waals surface area (Å²) in [7, 11) is 0. The first-order valence-electron chi connectivity index (χ1n) is 6.55. The van der Waals surface area contributed by atoms with Crippen LogP contribution in [0.1, 0.15) is 36.5 Å². The Balaban J connectivity index is 2.02. The van der Waals surface area contributed by atoms with Crippen LogP contribution in [0.2, 0.25) is 0 Å². The van der Waals surface area contributed by atoms with Crippen molar-refractivity contribution in [1.82, 2.24) is 4.98 Å². The number of aromatic amines is 1. The number of carbonyl (C=O) groups is 1. The number of hydrogen-bond donors (Lipinski definition) is 1. The highest BCUT2D eigenvalue weighted by Gasteiger charge is 2.26. The predicted octanol–water partition coefficient (Wildman–Crippen LogP) is 3.55. The van der Waals surface area contributed by atoms with Gasteiger partial charge in [-0.15, -0.1) is 0 Å². The van der Waals surface area contributed by atoms with Crippen molar-refractivity contribution in [2.75, 3.05) is 6.61 Å². The molecule has 1 aromatic heterocycles. The molecule has 0 spiro atoms. The summed E-state index contributed by atoms with van der Waals surface area (Å²) in [6, 6.07) is 5.85. The van der Waals surface area contributed by atoms with Crippen molar-refractivity contribution < 1.29 is 9.53 Å². The lowest BCUT2D eigenvalue weighted by molar-refractivity contribution is 0.0977. The maximum absolute atomic E-state index is 12.3. The Bertz CT molecular complexity index is 581. The lowest BCUT2D eigenvalue weighted by Crippen LogP contribution is -2.00. The highest BCUT2D eigenvalue weighted by Crippen LogP contribution is 2.36. The molecular weight excluding hydrogens is 226 g/mol. The third-order valence-corrected chi connectivity index (χ3v) is 3.44. The van der Waals surface area contributed by atoms with Gasteiger partial charge in [0.2, 0.25) is 0 Å². The zero-order valence-corrected chi connectivity index (χ0v) is 10.5. The second kappa shape index (κ2) is 4.48. The van der Waals surface area contributed by atoms with Gasteiger partial charge in [-0.1, -0.05) is 6.07 Å². The van der Waals surface area contributed by atoms with E-state index in [-0.39, 0.29) is 5.78 Å². The molecule has 1 fully saturated rings. The summed E-state index contributed by atoms with van der Waals surface area (Å²) >= 11 is 0. The monoisotopic (exact) mass is 243 g/mol. The SMILES string of the molecule is CCOc1cccc2[nH]cc(C(=O)CC3CC3)c12. The third-order valence-electron chi connectivity index (χ3n) is 3.44. The maximum atomic E-state index is 12.3. The number of Topliss-reactive ketones (excluding diaryl/α,β-unsaturated/α-hetero) is 1. The summed E-state index contributed by atoms with van der Waals surface area (Å²) in [4.78, 5) is 15.4. The molecular formula is C15H17NO2. The number of aromatic nitrogens is 1. The van der Waals surface area contributed by atoms with Crippen LogP contribution in [0.5, 0.6) is 5.75 Å². The summed E-state index contributed by atoms with van der Waals surface area (Å²) in [6.45, 7) is 2.57. The van der Waals surface area contributed by atoms with Crippen LogP contribution in [0, 0.1) is 5.92 Å². The van der Waals surface area contributed by atoms with Crippen LogP contribution in [0.3, 0.4) is 0 Å². The van der Waals surface area contributed by atoms with Crippen LogP contribution in [0.15, 0.2) is 24.4 Å². The molecule has 0 aliphatic heterocycles. The Kier molecular flexibility index (Phi) is 2.82. The van der Waals surface area contributed by atoms with Crippen molar-refractivity contribution in [1.29, 1.82) is 0 Å². The van der Waals surface area contributed by atoms with E-state index in [9.17, 15) is 4.79 Å². The normalized spacial score (nSPS) is 14.9. The minimum absolute atomic E-state index is 0.232. The first kappa shape index (κ1) is 11.3. The lowest BCUT2D eigenvalue weighted by Gasteiger charge is -2.06. The van der Waals surface area contributed by atoms with E-state index in [1.165, 1.54) is 12.8 Å². The third kappa shape index (κ3) is 2.01. The number of benzene rings is 1. The Labute approximate surface area is 106 Å². The number of nitrogens with one attached hydrogen (secondary N) is 1. The summed E-state index contributed by atoms with van der Waals surface area (Å²) in [6.07, 6.45) is 4.89. The van der Waals surface area contributed by atoms with E-state index >= 15 is 0 Å². The molecule has 94 valence electrons. The first-order chi connectivity index (χ1) is 8.79. The van der Waals surface area contributed by atoms with Crippen molar-refractivity contribution in [3.63, 3.8) is 0 Å². The molecule has 3 nitrogen and oxygen atoms in total. The molecule has 1 aliphatic carbocycles. The van der Waals surface area contributed by atoms with E-state index in [1.807, 2.05) is 31.3 Å². The van der Waals surface area contributed by atoms with Gasteiger partial charge in [-0.2, -0.15) is 0 Å². The summed E-state index contributed by atoms with van der Waals surface area (Å²) in [5.74, 6) is 1.65. The molecule has 1 aromatic carbocycles. The number of ketones is 1. The molecule has 3 rings (SSSR count). The molecule has 0 unspecified atom stereocenters. The summed E-state index contributed by atoms with van der Waals surface area (Å²) < 4.78 is 5.62. The zero-order valence-electron chi connectivity index (χ0n) is 10.5. The minimum Gasteiger partial charge on any atom is -0.493 e. The molecule has 1 aliphatic rings. The molecule has 1 N–H and O–H groups in total. The topological polar surface area (TPSA) is 42.1 Å². The molecule has 0 radical (unpaired) electrons. The molecule has 0 saturated heterocycles. The molecule has 1 heterocycles. The van der Waals surface area contributed by atoms with E-state index in [0.717, 1.165) is 22.2 Å². The van der Waals surface area contributed by atoms with Crippen molar-refractivity contribution in [3.05, 3.63) is 30.0 Å². The van der Waals surface area contributed by atoms with Crippen LogP contribution in [-0.2, 0) is 0 Å². The molecule has 1 saturated carbocycles. The van der Waals surface area contributed by atoms with E-state index in [2.05, 4.69) is 4.98 Å². The Morgan fingerprint density at radius 2 is 2.28 bits per heavy atom. The van der Waals surface area contributed by atoms with Gasteiger partial charge in [-0.05, 0) is 37.8 Å². The van der Waals surface area contributed by atoms with Gasteiger partial charge in [0.15, 0.2) is 5.78 Å². The van der Waals surface area contributed by atoms with Crippen molar-refractivity contribution >= 4 is 16.7 Å². The van der Waals surface area contributed by atoms with Gasteiger partial charge in [0, 0.05) is 23.7 Å². The molecule has 3 heteroatoms. The largest absolute Gasteiger partial charge is 0.493 e. The number of H-pyrrole nitrogens is 1. The van der Waals surface area contributed by atoms with Crippen LogP contribution < -0.4 is 4.74 Å². The van der Waals surface area contributed by atoms with Gasteiger partial charge in [0.25, 0.3) is 0 Å². The second-order valence-corrected chi connectivity index (χ2v) is 4.88. The van der Waals surface area contributed by atoms with Crippen molar-refractivity contribution in [2.45, 2.75) is 26.2 Å². The Morgan fingerprint density at radius 3 is 3.00 bits per heavy atom. The van der Waals surface area contributed by atoms with Crippen molar-refractivity contribution in [2.24, 2.45) is 5.92 Å². The molecule has 0 amide bonds. The summed E-state index contributed by atoms with van der Waals surface area (Å²) in [5, 5.41) is 0.935. The lowest BCUT2D eigenvalue weighted by atomic mass is 10.0. The molecule has 18 heavy (non-hydrogen) atoms. The van der Waals surface area contributed by atoms with Gasteiger partial charge in [0.1, 0.15) is 5.75 Å². The minimum atomic E-state index is 0.232. The first-order valence-corrected chi connectivity index (χ1v) is 6.55. The fourth-order valence-corrected chi connectivity index (χ4v) is 2.34. The maximum Gasteiger partial charge on any atom is 0.165 e. The number of rotatable bonds is 5. The van der Waals surface area contributed by atoms with Gasteiger partial charge < -0.3 is 9.72 Å². The standard InChI is InChI=1S/C15H17NO2/c1-2-18-14-5-3-4-12-15(14)11(9-16-12)13(17)8-10-6-7-10/h3-5,9-10,16H,2,6-8H2,1H3. The van der Waals surface area contributed by atoms with Crippen LogP contribution in [0.4, 0.5) is 0 Å². The van der Waals surface area contributed by atoms with E-state index in [0.29, 0.717) is 18.9 Å². The number of hydrogen-bond acceptors (Lipinski definition) is 2. The smallest absolute Gasteiger partial charge is 0.165 e. The molecule has 2 aromatic rings. The predicted molar refractivity (Wildman–Crippen MR) is 71.1 cm³/mol. The number of ether oxygens (including phenoxy) is 1. The quantitative estimate of drug-likeness (QED) is 0.816. The van der Waals surface area contributed by atoms with E-state index in [4.69, 9.17) is 4.74 Å². The molecule has 0 bridgehead atoms. The Hall–Kier alpha value is -1.77. The van der Waals surface area contributed by atoms with Crippen LogP contribution in [0.25, 0.3) is 10.9 Å². The fraction of sp³-hybridized carbons (Fsp3) is 0.400. The van der Waals surface area contributed by atoms with Crippen LogP contribution >= 0.6 is 0 Å². The number of carbonyl (C=O) groups excluding carboxylic acids is 1. The van der Waals surface area contributed by atoms with E-state index in [1.54, 1.807) is 0 Å². The average molecular weight is 243 g/mol. The van der Waals surface area contributed by atoms with Gasteiger partial charge in [0.05, 0.1) is 12.0 Å².